The summed E-state index contributed by atoms with van der Waals surface area (Å²) in [6.45, 7) is 0. The largest absolute Gasteiger partial charge is 0.436 e. The van der Waals surface area contributed by atoms with Crippen molar-refractivity contribution in [3.63, 3.8) is 0 Å². The van der Waals surface area contributed by atoms with Crippen molar-refractivity contribution in [3.8, 4) is 22.8 Å². The first-order valence-corrected chi connectivity index (χ1v) is 14.0. The van der Waals surface area contributed by atoms with Crippen LogP contribution in [0.2, 0.25) is 0 Å². The van der Waals surface area contributed by atoms with Gasteiger partial charge in [-0.05, 0) is 36.1 Å². The lowest BCUT2D eigenvalue weighted by Crippen LogP contribution is -2.31. The molecule has 1 N–H and O–H groups in total. The number of fused-ring (bicyclic) bond motifs is 1. The van der Waals surface area contributed by atoms with Gasteiger partial charge in [0.15, 0.2) is 11.5 Å². The molecule has 0 fully saturated rings. The number of aromatic nitrogens is 4. The lowest BCUT2D eigenvalue weighted by atomic mass is 9.85. The van der Waals surface area contributed by atoms with Crippen molar-refractivity contribution >= 4 is 23.5 Å². The summed E-state index contributed by atoms with van der Waals surface area (Å²) in [6.07, 6.45) is 3.97. The van der Waals surface area contributed by atoms with Crippen molar-refractivity contribution in [1.29, 1.82) is 0 Å². The smallest absolute Gasteiger partial charge is 0.227 e. The van der Waals surface area contributed by atoms with Gasteiger partial charge in [0.05, 0.1) is 6.20 Å². The number of oxazole rings is 1. The molecule has 39 heavy (non-hydrogen) atoms. The molecule has 7 nitrogen and oxygen atoms in total. The molecule has 2 aliphatic rings. The minimum Gasteiger partial charge on any atom is -0.436 e. The number of anilines is 1. The summed E-state index contributed by atoms with van der Waals surface area (Å²) in [4.78, 5) is 22.5. The van der Waals surface area contributed by atoms with E-state index in [-0.39, 0.29) is 11.8 Å². The van der Waals surface area contributed by atoms with Gasteiger partial charge in [0.25, 0.3) is 0 Å². The van der Waals surface area contributed by atoms with Crippen molar-refractivity contribution in [2.45, 2.75) is 36.2 Å². The van der Waals surface area contributed by atoms with E-state index in [1.54, 1.807) is 18.0 Å². The molecule has 8 heteroatoms. The van der Waals surface area contributed by atoms with Gasteiger partial charge in [-0.25, -0.2) is 9.67 Å². The Kier molecular flexibility index (Phi) is 6.09. The molecular weight excluding hydrogens is 506 g/mol. The Morgan fingerprint density at radius 3 is 2.49 bits per heavy atom. The minimum atomic E-state index is -0.332. The third kappa shape index (κ3) is 4.57. The molecule has 0 bridgehead atoms. The highest BCUT2D eigenvalue weighted by Crippen LogP contribution is 2.41. The van der Waals surface area contributed by atoms with Crippen LogP contribution in [0.5, 0.6) is 0 Å². The zero-order valence-corrected chi connectivity index (χ0v) is 21.9. The van der Waals surface area contributed by atoms with E-state index in [1.165, 1.54) is 5.56 Å². The monoisotopic (exact) mass is 531 g/mol. The van der Waals surface area contributed by atoms with Gasteiger partial charge >= 0.3 is 0 Å². The van der Waals surface area contributed by atoms with E-state index >= 15 is 0 Å². The van der Waals surface area contributed by atoms with Crippen molar-refractivity contribution in [2.75, 3.05) is 5.32 Å². The lowest BCUT2D eigenvalue weighted by Gasteiger charge is -2.32. The summed E-state index contributed by atoms with van der Waals surface area (Å²) < 4.78 is 7.92. The predicted molar refractivity (Wildman–Crippen MR) is 151 cm³/mol. The quantitative estimate of drug-likeness (QED) is 0.238. The Morgan fingerprint density at radius 2 is 1.69 bits per heavy atom. The Bertz CT molecular complexity index is 1670. The molecule has 0 spiro atoms. The normalized spacial score (nSPS) is 16.5. The van der Waals surface area contributed by atoms with Gasteiger partial charge < -0.3 is 9.73 Å². The topological polar surface area (TPSA) is 85.8 Å². The second kappa shape index (κ2) is 10.0. The zero-order chi connectivity index (χ0) is 26.2. The third-order valence-electron chi connectivity index (χ3n) is 7.10. The van der Waals surface area contributed by atoms with E-state index in [0.717, 1.165) is 52.3 Å². The van der Waals surface area contributed by atoms with Crippen LogP contribution in [0.4, 0.5) is 5.95 Å². The second-order valence-electron chi connectivity index (χ2n) is 9.65. The Labute approximate surface area is 230 Å². The molecule has 0 saturated heterocycles. The maximum atomic E-state index is 13.2. The van der Waals surface area contributed by atoms with E-state index in [2.05, 4.69) is 22.4 Å². The van der Waals surface area contributed by atoms with E-state index in [0.29, 0.717) is 23.4 Å². The number of allylic oxidation sites excluding steroid dienone is 2. The number of carbonyl (C=O) groups excluding carboxylic acids is 1. The van der Waals surface area contributed by atoms with E-state index < -0.39 is 0 Å². The fourth-order valence-corrected chi connectivity index (χ4v) is 5.96. The Hall–Kier alpha value is -4.43. The van der Waals surface area contributed by atoms with Gasteiger partial charge in [0.2, 0.25) is 17.0 Å². The van der Waals surface area contributed by atoms with Crippen LogP contribution in [-0.4, -0.2) is 25.5 Å². The average Bonchev–Trinajstić information content (AvgIpc) is 3.64. The number of hydrogen-bond donors (Lipinski definition) is 1. The van der Waals surface area contributed by atoms with E-state index in [4.69, 9.17) is 14.5 Å². The fraction of sp³-hybridized carbons (Fsp3) is 0.161. The Morgan fingerprint density at radius 1 is 0.923 bits per heavy atom. The number of nitrogens with one attached hydrogen (secondary N) is 1. The SMILES string of the molecule is O=C1CCCC2=C1[C@@H](c1ccc(-c3ncc(-c4ccccc4)o3)cc1)n1nc(SCc3ccccc3)nc1N2. The molecular formula is C31H25N5O2S. The molecule has 0 saturated carbocycles. The standard InChI is InChI=1S/C31H25N5O2S/c37-25-13-7-12-24-27(25)28(36-30(33-24)34-31(35-36)39-19-20-8-3-1-4-9-20)22-14-16-23(17-15-22)29-32-18-26(38-29)21-10-5-2-6-11-21/h1-6,8-11,14-18,28H,7,12-13,19H2,(H,33,34,35)/t28-/m1/s1. The van der Waals surface area contributed by atoms with Gasteiger partial charge in [-0.1, -0.05) is 84.6 Å². The number of thioether (sulfide) groups is 1. The highest BCUT2D eigenvalue weighted by molar-refractivity contribution is 7.98. The molecule has 0 amide bonds. The molecule has 0 unspecified atom stereocenters. The molecule has 7 rings (SSSR count). The first-order chi connectivity index (χ1) is 19.2. The number of carbonyl (C=O) groups is 1. The predicted octanol–water partition coefficient (Wildman–Crippen LogP) is 6.91. The summed E-state index contributed by atoms with van der Waals surface area (Å²) in [6, 6.07) is 27.9. The van der Waals surface area contributed by atoms with Gasteiger partial charge in [-0.3, -0.25) is 4.79 Å². The molecule has 5 aromatic rings. The van der Waals surface area contributed by atoms with Crippen LogP contribution in [0.25, 0.3) is 22.8 Å². The summed E-state index contributed by atoms with van der Waals surface area (Å²) in [5.74, 6) is 2.89. The molecule has 1 aliphatic heterocycles. The third-order valence-corrected chi connectivity index (χ3v) is 8.01. The van der Waals surface area contributed by atoms with Crippen LogP contribution in [0, 0.1) is 0 Å². The number of hydrogen-bond acceptors (Lipinski definition) is 7. The van der Waals surface area contributed by atoms with Crippen molar-refractivity contribution in [1.82, 2.24) is 19.7 Å². The van der Waals surface area contributed by atoms with Crippen molar-refractivity contribution in [3.05, 3.63) is 114 Å². The van der Waals surface area contributed by atoms with Gasteiger partial charge in [-0.15, -0.1) is 5.10 Å². The number of Topliss-reactive ketones (excluding diaryl/α,β-unsaturated/α-hetero) is 1. The molecule has 1 aliphatic carbocycles. The molecule has 3 heterocycles. The fourth-order valence-electron chi connectivity index (χ4n) is 5.18. The van der Waals surface area contributed by atoms with Gasteiger partial charge in [-0.2, -0.15) is 4.98 Å². The van der Waals surface area contributed by atoms with Crippen LogP contribution in [0.3, 0.4) is 0 Å². The first kappa shape index (κ1) is 23.7. The molecule has 3 aromatic carbocycles. The van der Waals surface area contributed by atoms with E-state index in [9.17, 15) is 4.79 Å². The van der Waals surface area contributed by atoms with E-state index in [1.807, 2.05) is 77.5 Å². The van der Waals surface area contributed by atoms with Gasteiger partial charge in [0.1, 0.15) is 6.04 Å². The summed E-state index contributed by atoms with van der Waals surface area (Å²) in [7, 11) is 0. The van der Waals surface area contributed by atoms with Crippen LogP contribution < -0.4 is 5.32 Å². The number of ketones is 1. The average molecular weight is 532 g/mol. The zero-order valence-electron chi connectivity index (χ0n) is 21.1. The summed E-state index contributed by atoms with van der Waals surface area (Å²) >= 11 is 1.59. The summed E-state index contributed by atoms with van der Waals surface area (Å²) in [5.41, 5.74) is 5.79. The number of benzene rings is 3. The highest BCUT2D eigenvalue weighted by atomic mass is 32.2. The second-order valence-corrected chi connectivity index (χ2v) is 10.6. The first-order valence-electron chi connectivity index (χ1n) is 13.0. The van der Waals surface area contributed by atoms with Crippen LogP contribution in [-0.2, 0) is 10.5 Å². The number of nitrogens with zero attached hydrogens (tertiary/aromatic N) is 4. The van der Waals surface area contributed by atoms with Crippen molar-refractivity contribution in [2.24, 2.45) is 0 Å². The minimum absolute atomic E-state index is 0.165. The summed E-state index contributed by atoms with van der Waals surface area (Å²) in [5, 5.41) is 8.95. The Balaban J connectivity index is 1.20. The molecule has 2 aromatic heterocycles. The number of rotatable bonds is 6. The van der Waals surface area contributed by atoms with Gasteiger partial charge in [0, 0.05) is 34.6 Å². The van der Waals surface area contributed by atoms with Crippen LogP contribution >= 0.6 is 11.8 Å². The lowest BCUT2D eigenvalue weighted by molar-refractivity contribution is -0.116. The highest BCUT2D eigenvalue weighted by Gasteiger charge is 2.36. The molecule has 192 valence electrons. The van der Waals surface area contributed by atoms with Crippen LogP contribution in [0.1, 0.15) is 36.4 Å². The molecule has 1 atom stereocenters. The maximum Gasteiger partial charge on any atom is 0.227 e. The van der Waals surface area contributed by atoms with Crippen LogP contribution in [0.15, 0.2) is 112 Å². The molecule has 0 radical (unpaired) electrons. The van der Waals surface area contributed by atoms with Crippen molar-refractivity contribution < 1.29 is 9.21 Å². The maximum absolute atomic E-state index is 13.2.